The second kappa shape index (κ2) is 8.93. The van der Waals surface area contributed by atoms with Crippen molar-refractivity contribution >= 4 is 23.4 Å². The van der Waals surface area contributed by atoms with Crippen LogP contribution >= 0.6 is 0 Å². The number of aliphatic imine (C=N–C) groups is 1. The van der Waals surface area contributed by atoms with Crippen molar-refractivity contribution in [2.24, 2.45) is 10.4 Å². The molecule has 2 N–H and O–H groups in total. The minimum absolute atomic E-state index is 0.0181. The summed E-state index contributed by atoms with van der Waals surface area (Å²) in [6.45, 7) is 3.99. The van der Waals surface area contributed by atoms with E-state index in [9.17, 15) is 9.65 Å². The standard InChI is InChI=1S/C23H26FN7O/c1-23(2,13-25)14-28-22-29-21(32-3)20-16(7-11-31(20)30-22)15-4-5-18-17(12-15)19(6-9-26-18)27-10-8-24/h4-5,7,9,11-12,19,27H,6,8,10,14H2,1-3H3,(H,28,30). The first-order valence-electron chi connectivity index (χ1n) is 10.5. The van der Waals surface area contributed by atoms with Crippen LogP contribution in [0.2, 0.25) is 0 Å². The molecule has 3 aromatic rings. The smallest absolute Gasteiger partial charge is 0.244 e. The van der Waals surface area contributed by atoms with Crippen LogP contribution in [0.1, 0.15) is 31.9 Å². The van der Waals surface area contributed by atoms with Crippen LogP contribution in [0.15, 0.2) is 35.5 Å². The van der Waals surface area contributed by atoms with Crippen LogP contribution in [-0.2, 0) is 0 Å². The van der Waals surface area contributed by atoms with Crippen LogP contribution in [0.5, 0.6) is 5.88 Å². The molecule has 3 heterocycles. The van der Waals surface area contributed by atoms with Gasteiger partial charge in [-0.15, -0.1) is 5.10 Å². The Morgan fingerprint density at radius 3 is 2.94 bits per heavy atom. The molecule has 0 radical (unpaired) electrons. The number of methoxy groups -OCH3 is 1. The zero-order valence-electron chi connectivity index (χ0n) is 18.4. The molecule has 1 unspecified atom stereocenters. The minimum Gasteiger partial charge on any atom is -0.479 e. The lowest BCUT2D eigenvalue weighted by molar-refractivity contribution is 0.399. The molecule has 0 saturated heterocycles. The monoisotopic (exact) mass is 435 g/mol. The Morgan fingerprint density at radius 1 is 1.34 bits per heavy atom. The van der Waals surface area contributed by atoms with Gasteiger partial charge in [-0.25, -0.2) is 8.91 Å². The average molecular weight is 436 g/mol. The average Bonchev–Trinajstić information content (AvgIpc) is 3.24. The molecular weight excluding hydrogens is 409 g/mol. The number of rotatable bonds is 8. The number of hydrogen-bond donors (Lipinski definition) is 2. The van der Waals surface area contributed by atoms with Crippen molar-refractivity contribution in [3.8, 4) is 23.1 Å². The van der Waals surface area contributed by atoms with Gasteiger partial charge in [0.1, 0.15) is 12.2 Å². The summed E-state index contributed by atoms with van der Waals surface area (Å²) >= 11 is 0. The lowest BCUT2D eigenvalue weighted by Crippen LogP contribution is -2.25. The van der Waals surface area contributed by atoms with E-state index >= 15 is 0 Å². The summed E-state index contributed by atoms with van der Waals surface area (Å²) in [5.41, 5.74) is 4.01. The molecule has 8 nitrogen and oxygen atoms in total. The fourth-order valence-corrected chi connectivity index (χ4v) is 3.71. The van der Waals surface area contributed by atoms with Crippen molar-refractivity contribution in [3.05, 3.63) is 36.0 Å². The van der Waals surface area contributed by atoms with Crippen LogP contribution in [0.25, 0.3) is 16.6 Å². The molecule has 0 bridgehead atoms. The quantitative estimate of drug-likeness (QED) is 0.553. The molecule has 0 saturated carbocycles. The second-order valence-corrected chi connectivity index (χ2v) is 8.33. The SMILES string of the molecule is COc1nc(NCC(C)(C)C#N)nn2ccc(-c3ccc4c(c3)C(NCCF)CC=N4)c12. The highest BCUT2D eigenvalue weighted by atomic mass is 19.1. The Bertz CT molecular complexity index is 1200. The zero-order valence-corrected chi connectivity index (χ0v) is 18.4. The predicted octanol–water partition coefficient (Wildman–Crippen LogP) is 4.07. The van der Waals surface area contributed by atoms with Crippen molar-refractivity contribution in [3.63, 3.8) is 0 Å². The molecule has 166 valence electrons. The van der Waals surface area contributed by atoms with Crippen molar-refractivity contribution in [2.45, 2.75) is 26.3 Å². The highest BCUT2D eigenvalue weighted by Gasteiger charge is 2.21. The molecule has 0 fully saturated rings. The molecule has 4 rings (SSSR count). The number of nitrogens with one attached hydrogen (secondary N) is 2. The lowest BCUT2D eigenvalue weighted by Gasteiger charge is -2.22. The fraction of sp³-hybridized carbons (Fsp3) is 0.391. The number of ether oxygens (including phenoxy) is 1. The third-order valence-electron chi connectivity index (χ3n) is 5.43. The van der Waals surface area contributed by atoms with E-state index in [4.69, 9.17) is 4.74 Å². The van der Waals surface area contributed by atoms with Crippen LogP contribution in [0, 0.1) is 16.7 Å². The summed E-state index contributed by atoms with van der Waals surface area (Å²) in [5.74, 6) is 0.815. The summed E-state index contributed by atoms with van der Waals surface area (Å²) in [6.07, 6.45) is 4.43. The molecule has 9 heteroatoms. The molecule has 0 spiro atoms. The van der Waals surface area contributed by atoms with Crippen molar-refractivity contribution in [2.75, 3.05) is 32.2 Å². The zero-order chi connectivity index (χ0) is 22.7. The molecule has 1 aliphatic rings. The number of benzene rings is 1. The molecule has 1 aromatic carbocycles. The van der Waals surface area contributed by atoms with E-state index in [1.165, 1.54) is 0 Å². The van der Waals surface area contributed by atoms with Crippen LogP contribution < -0.4 is 15.4 Å². The van der Waals surface area contributed by atoms with E-state index < -0.39 is 12.1 Å². The molecule has 0 amide bonds. The first kappa shape index (κ1) is 21.7. The van der Waals surface area contributed by atoms with E-state index in [0.29, 0.717) is 31.3 Å². The Hall–Kier alpha value is -3.51. The van der Waals surface area contributed by atoms with E-state index in [1.807, 2.05) is 44.5 Å². The number of nitriles is 1. The Labute approximate surface area is 186 Å². The second-order valence-electron chi connectivity index (χ2n) is 8.33. The van der Waals surface area contributed by atoms with Gasteiger partial charge in [-0.3, -0.25) is 4.99 Å². The molecule has 1 atom stereocenters. The van der Waals surface area contributed by atoms with Gasteiger partial charge in [0.15, 0.2) is 0 Å². The van der Waals surface area contributed by atoms with Crippen LogP contribution in [0.4, 0.5) is 16.0 Å². The van der Waals surface area contributed by atoms with Crippen LogP contribution in [0.3, 0.4) is 0 Å². The van der Waals surface area contributed by atoms with E-state index in [0.717, 1.165) is 27.9 Å². The predicted molar refractivity (Wildman–Crippen MR) is 122 cm³/mol. The maximum absolute atomic E-state index is 12.7. The van der Waals surface area contributed by atoms with Gasteiger partial charge in [0.25, 0.3) is 0 Å². The maximum Gasteiger partial charge on any atom is 0.244 e. The summed E-state index contributed by atoms with van der Waals surface area (Å²) < 4.78 is 20.0. The Balaban J connectivity index is 1.71. The van der Waals surface area contributed by atoms with Gasteiger partial charge in [0, 0.05) is 43.5 Å². The van der Waals surface area contributed by atoms with Gasteiger partial charge in [-0.2, -0.15) is 10.2 Å². The summed E-state index contributed by atoms with van der Waals surface area (Å²) in [5, 5.41) is 20.1. The summed E-state index contributed by atoms with van der Waals surface area (Å²) in [4.78, 5) is 8.99. The molecule has 0 aliphatic carbocycles. The topological polar surface area (TPSA) is 99.6 Å². The van der Waals surface area contributed by atoms with Crippen molar-refractivity contribution in [1.82, 2.24) is 19.9 Å². The number of halogens is 1. The number of hydrogen-bond acceptors (Lipinski definition) is 7. The number of anilines is 1. The van der Waals surface area contributed by atoms with Crippen LogP contribution in [-0.4, -0.2) is 47.7 Å². The van der Waals surface area contributed by atoms with E-state index in [-0.39, 0.29) is 6.04 Å². The summed E-state index contributed by atoms with van der Waals surface area (Å²) in [6, 6.07) is 10.3. The minimum atomic E-state index is -0.550. The van der Waals surface area contributed by atoms with Gasteiger partial charge in [0.05, 0.1) is 24.3 Å². The van der Waals surface area contributed by atoms with Crippen molar-refractivity contribution < 1.29 is 9.13 Å². The first-order chi connectivity index (χ1) is 15.5. The largest absolute Gasteiger partial charge is 0.479 e. The van der Waals surface area contributed by atoms with Gasteiger partial charge in [-0.05, 0) is 43.2 Å². The third-order valence-corrected chi connectivity index (χ3v) is 5.43. The molecule has 2 aromatic heterocycles. The third kappa shape index (κ3) is 4.27. The van der Waals surface area contributed by atoms with Gasteiger partial charge in [0.2, 0.25) is 11.8 Å². The van der Waals surface area contributed by atoms with E-state index in [1.54, 1.807) is 11.6 Å². The molecule has 32 heavy (non-hydrogen) atoms. The summed E-state index contributed by atoms with van der Waals surface area (Å²) in [7, 11) is 1.57. The first-order valence-corrected chi connectivity index (χ1v) is 10.5. The van der Waals surface area contributed by atoms with Crippen molar-refractivity contribution in [1.29, 1.82) is 5.26 Å². The normalized spacial score (nSPS) is 15.4. The molecule has 1 aliphatic heterocycles. The number of nitrogens with zero attached hydrogens (tertiary/aromatic N) is 5. The van der Waals surface area contributed by atoms with Gasteiger partial charge >= 0.3 is 0 Å². The van der Waals surface area contributed by atoms with Gasteiger partial charge < -0.3 is 15.4 Å². The van der Waals surface area contributed by atoms with Gasteiger partial charge in [-0.1, -0.05) is 6.07 Å². The van der Waals surface area contributed by atoms with E-state index in [2.05, 4.69) is 37.8 Å². The number of fused-ring (bicyclic) bond motifs is 2. The highest BCUT2D eigenvalue weighted by Crippen LogP contribution is 2.37. The Morgan fingerprint density at radius 2 is 2.19 bits per heavy atom. The Kier molecular flexibility index (Phi) is 6.06. The fourth-order valence-electron chi connectivity index (χ4n) is 3.71. The molecular formula is C23H26FN7O. The maximum atomic E-state index is 12.7. The lowest BCUT2D eigenvalue weighted by atomic mass is 9.95. The number of aromatic nitrogens is 3. The number of alkyl halides is 1. The highest BCUT2D eigenvalue weighted by molar-refractivity contribution is 5.86.